The summed E-state index contributed by atoms with van der Waals surface area (Å²) in [6, 6.07) is 0.897. The fraction of sp³-hybridized carbons (Fsp3) is 0.125. The monoisotopic (exact) mass is 296 g/mol. The zero-order valence-corrected chi connectivity index (χ0v) is 9.76. The summed E-state index contributed by atoms with van der Waals surface area (Å²) in [5, 5.41) is 15.4. The Hall–Kier alpha value is -2.14. The van der Waals surface area contributed by atoms with Gasteiger partial charge in [0.05, 0.1) is 16.6 Å². The van der Waals surface area contributed by atoms with Crippen molar-refractivity contribution in [3.8, 4) is 5.75 Å². The Morgan fingerprint density at radius 2 is 2.00 bits per heavy atom. The number of nitro benzene ring substituents is 1. The highest BCUT2D eigenvalue weighted by Gasteiger charge is 2.27. The van der Waals surface area contributed by atoms with Gasteiger partial charge >= 0.3 is 6.61 Å². The molecule has 0 amide bonds. The van der Waals surface area contributed by atoms with Gasteiger partial charge in [-0.1, -0.05) is 0 Å². The number of hydrogen-bond donors (Lipinski definition) is 1. The van der Waals surface area contributed by atoms with Gasteiger partial charge in [-0.05, 0) is 6.07 Å². The molecule has 0 unspecified atom stereocenters. The number of ether oxygens (including phenoxy) is 1. The lowest BCUT2D eigenvalue weighted by molar-refractivity contribution is -0.387. The third kappa shape index (κ3) is 3.42. The Morgan fingerprint density at radius 1 is 1.42 bits per heavy atom. The van der Waals surface area contributed by atoms with Crippen LogP contribution in [0.25, 0.3) is 0 Å². The number of hydrogen-bond acceptors (Lipinski definition) is 6. The number of carbonyl (C=O) groups is 1. The van der Waals surface area contributed by atoms with E-state index in [1.807, 2.05) is 0 Å². The molecule has 0 radical (unpaired) electrons. The maximum atomic E-state index is 12.1. The molecule has 0 aliphatic carbocycles. The molecule has 0 aliphatic heterocycles. The molecule has 1 aromatic carbocycles. The van der Waals surface area contributed by atoms with Crippen molar-refractivity contribution in [1.29, 1.82) is 0 Å². The van der Waals surface area contributed by atoms with Crippen LogP contribution >= 0.6 is 0 Å². The molecule has 0 saturated heterocycles. The van der Waals surface area contributed by atoms with Crippen LogP contribution in [0.15, 0.2) is 17.0 Å². The molecule has 0 spiro atoms. The first kappa shape index (κ1) is 14.9. The molecule has 8 nitrogen and oxygen atoms in total. The van der Waals surface area contributed by atoms with Gasteiger partial charge < -0.3 is 4.74 Å². The zero-order valence-electron chi connectivity index (χ0n) is 8.95. The molecule has 0 bridgehead atoms. The van der Waals surface area contributed by atoms with Crippen LogP contribution in [0.5, 0.6) is 5.75 Å². The van der Waals surface area contributed by atoms with Gasteiger partial charge in [-0.25, -0.2) is 13.6 Å². The molecule has 0 fully saturated rings. The normalized spacial score (nSPS) is 11.4. The van der Waals surface area contributed by atoms with Crippen LogP contribution in [0, 0.1) is 10.1 Å². The Morgan fingerprint density at radius 3 is 2.37 bits per heavy atom. The van der Waals surface area contributed by atoms with E-state index in [4.69, 9.17) is 5.14 Å². The summed E-state index contributed by atoms with van der Waals surface area (Å²) in [5.41, 5.74) is -1.67. The van der Waals surface area contributed by atoms with Crippen molar-refractivity contribution >= 4 is 22.0 Å². The minimum atomic E-state index is -4.50. The number of halogens is 2. The van der Waals surface area contributed by atoms with Gasteiger partial charge in [0, 0.05) is 0 Å². The maximum Gasteiger partial charge on any atom is 0.387 e. The van der Waals surface area contributed by atoms with Crippen molar-refractivity contribution in [2.45, 2.75) is 11.5 Å². The van der Waals surface area contributed by atoms with E-state index >= 15 is 0 Å². The van der Waals surface area contributed by atoms with E-state index in [0.717, 1.165) is 0 Å². The van der Waals surface area contributed by atoms with Crippen molar-refractivity contribution in [3.05, 3.63) is 27.8 Å². The zero-order chi connectivity index (χ0) is 14.8. The van der Waals surface area contributed by atoms with Crippen LogP contribution in [-0.4, -0.2) is 26.2 Å². The molecule has 11 heteroatoms. The fourth-order valence-corrected chi connectivity index (χ4v) is 1.94. The number of nitro groups is 1. The second-order valence-electron chi connectivity index (χ2n) is 3.16. The van der Waals surface area contributed by atoms with Gasteiger partial charge in [0.15, 0.2) is 11.2 Å². The summed E-state index contributed by atoms with van der Waals surface area (Å²) < 4.78 is 50.3. The van der Waals surface area contributed by atoms with Gasteiger partial charge in [0.1, 0.15) is 5.75 Å². The summed E-state index contributed by atoms with van der Waals surface area (Å²) in [5.74, 6) is -0.816. The third-order valence-corrected chi connectivity index (χ3v) is 2.88. The number of primary sulfonamides is 1. The highest BCUT2D eigenvalue weighted by Crippen LogP contribution is 2.31. The first-order valence-corrected chi connectivity index (χ1v) is 5.96. The van der Waals surface area contributed by atoms with E-state index < -0.39 is 43.5 Å². The second kappa shape index (κ2) is 5.24. The molecular formula is C8H6F2N2O6S. The molecule has 1 rings (SSSR count). The predicted molar refractivity (Wildman–Crippen MR) is 56.5 cm³/mol. The Bertz CT molecular complexity index is 630. The van der Waals surface area contributed by atoms with Gasteiger partial charge in [-0.15, -0.1) is 0 Å². The number of aldehydes is 1. The van der Waals surface area contributed by atoms with E-state index in [-0.39, 0.29) is 6.29 Å². The van der Waals surface area contributed by atoms with Crippen LogP contribution in [0.3, 0.4) is 0 Å². The highest BCUT2D eigenvalue weighted by atomic mass is 32.2. The lowest BCUT2D eigenvalue weighted by Gasteiger charge is -2.08. The number of benzene rings is 1. The van der Waals surface area contributed by atoms with E-state index in [0.29, 0.717) is 12.1 Å². The molecule has 1 aromatic rings. The number of alkyl halides is 2. The average molecular weight is 296 g/mol. The summed E-state index contributed by atoms with van der Waals surface area (Å²) in [7, 11) is -4.50. The Balaban J connectivity index is 3.60. The second-order valence-corrected chi connectivity index (χ2v) is 4.69. The average Bonchev–Trinajstić information content (AvgIpc) is 2.26. The van der Waals surface area contributed by atoms with Crippen LogP contribution in [-0.2, 0) is 10.0 Å². The quantitative estimate of drug-likeness (QED) is 0.482. The lowest BCUT2D eigenvalue weighted by Crippen LogP contribution is -2.15. The van der Waals surface area contributed by atoms with E-state index in [1.54, 1.807) is 0 Å². The third-order valence-electron chi connectivity index (χ3n) is 1.94. The van der Waals surface area contributed by atoms with Crippen molar-refractivity contribution < 1.29 is 31.7 Å². The summed E-state index contributed by atoms with van der Waals surface area (Å²) in [6.45, 7) is -3.33. The van der Waals surface area contributed by atoms with Crippen molar-refractivity contribution in [1.82, 2.24) is 0 Å². The van der Waals surface area contributed by atoms with Crippen molar-refractivity contribution in [2.24, 2.45) is 5.14 Å². The highest BCUT2D eigenvalue weighted by molar-refractivity contribution is 7.89. The standard InChI is InChI=1S/C8H6F2N2O6S/c9-8(10)18-6-2-5(12(14)15)7(19(11,16)17)1-4(6)3-13/h1-3,8H,(H2,11,16,17). The summed E-state index contributed by atoms with van der Waals surface area (Å²) in [4.78, 5) is 19.2. The van der Waals surface area contributed by atoms with Crippen LogP contribution in [0.2, 0.25) is 0 Å². The predicted octanol–water partition coefficient (Wildman–Crippen LogP) is 0.656. The first-order chi connectivity index (χ1) is 8.66. The van der Waals surface area contributed by atoms with Crippen LogP contribution in [0.4, 0.5) is 14.5 Å². The molecule has 0 saturated carbocycles. The van der Waals surface area contributed by atoms with Gasteiger partial charge in [-0.3, -0.25) is 14.9 Å². The summed E-state index contributed by atoms with van der Waals surface area (Å²) >= 11 is 0. The lowest BCUT2D eigenvalue weighted by atomic mass is 10.2. The van der Waals surface area contributed by atoms with Gasteiger partial charge in [0.2, 0.25) is 10.0 Å². The maximum absolute atomic E-state index is 12.1. The van der Waals surface area contributed by atoms with Crippen molar-refractivity contribution in [3.63, 3.8) is 0 Å². The summed E-state index contributed by atoms with van der Waals surface area (Å²) in [6.07, 6.45) is 0.0100. The smallest absolute Gasteiger partial charge is 0.387 e. The number of carbonyl (C=O) groups excluding carboxylic acids is 1. The molecule has 0 aliphatic rings. The number of rotatable bonds is 5. The van der Waals surface area contributed by atoms with E-state index in [9.17, 15) is 32.1 Å². The van der Waals surface area contributed by atoms with Crippen LogP contribution < -0.4 is 9.88 Å². The van der Waals surface area contributed by atoms with Gasteiger partial charge in [0.25, 0.3) is 5.69 Å². The van der Waals surface area contributed by atoms with E-state index in [2.05, 4.69) is 4.74 Å². The SMILES string of the molecule is NS(=O)(=O)c1cc(C=O)c(OC(F)F)cc1[N+](=O)[O-]. The largest absolute Gasteiger partial charge is 0.434 e. The topological polar surface area (TPSA) is 130 Å². The number of nitrogens with zero attached hydrogens (tertiary/aromatic N) is 1. The Labute approximate surface area is 105 Å². The fourth-order valence-electron chi connectivity index (χ4n) is 1.23. The molecule has 104 valence electrons. The first-order valence-electron chi connectivity index (χ1n) is 4.42. The number of sulfonamides is 1. The minimum Gasteiger partial charge on any atom is -0.434 e. The molecule has 0 aromatic heterocycles. The van der Waals surface area contributed by atoms with Crippen LogP contribution in [0.1, 0.15) is 10.4 Å². The van der Waals surface area contributed by atoms with E-state index in [1.165, 1.54) is 0 Å². The molecule has 2 N–H and O–H groups in total. The number of nitrogens with two attached hydrogens (primary N) is 1. The molecule has 0 heterocycles. The van der Waals surface area contributed by atoms with Crippen molar-refractivity contribution in [2.75, 3.05) is 0 Å². The van der Waals surface area contributed by atoms with Gasteiger partial charge in [-0.2, -0.15) is 8.78 Å². The molecule has 0 atom stereocenters. The molecule has 19 heavy (non-hydrogen) atoms. The molecular weight excluding hydrogens is 290 g/mol. The minimum absolute atomic E-state index is 0.0100. The Kier molecular flexibility index (Phi) is 4.11.